The Balaban J connectivity index is 2.00. The van der Waals surface area contributed by atoms with Gasteiger partial charge >= 0.3 is 0 Å². The van der Waals surface area contributed by atoms with E-state index in [2.05, 4.69) is 41.5 Å². The van der Waals surface area contributed by atoms with Crippen LogP contribution >= 0.6 is 11.3 Å². The van der Waals surface area contributed by atoms with Gasteiger partial charge < -0.3 is 5.32 Å². The average Bonchev–Trinajstić information content (AvgIpc) is 2.99. The fourth-order valence-corrected chi connectivity index (χ4v) is 3.75. The van der Waals surface area contributed by atoms with Crippen molar-refractivity contribution < 1.29 is 0 Å². The van der Waals surface area contributed by atoms with Crippen LogP contribution in [-0.4, -0.2) is 22.9 Å². The first-order valence-electron chi connectivity index (χ1n) is 6.55. The van der Waals surface area contributed by atoms with Crippen molar-refractivity contribution in [3.63, 3.8) is 0 Å². The Labute approximate surface area is 112 Å². The van der Waals surface area contributed by atoms with E-state index in [4.69, 9.17) is 5.10 Å². The Kier molecular flexibility index (Phi) is 3.22. The van der Waals surface area contributed by atoms with Crippen LogP contribution in [0.15, 0.2) is 17.5 Å². The normalized spacial score (nSPS) is 17.2. The molecule has 0 atom stereocenters. The van der Waals surface area contributed by atoms with Crippen molar-refractivity contribution in [1.29, 1.82) is 0 Å². The Morgan fingerprint density at radius 2 is 2.17 bits per heavy atom. The number of aromatic nitrogens is 2. The van der Waals surface area contributed by atoms with E-state index in [1.165, 1.54) is 34.7 Å². The summed E-state index contributed by atoms with van der Waals surface area (Å²) < 4.78 is 2.05. The molecule has 0 aromatic carbocycles. The summed E-state index contributed by atoms with van der Waals surface area (Å²) in [5.74, 6) is 0.631. The zero-order chi connectivity index (χ0) is 12.5. The summed E-state index contributed by atoms with van der Waals surface area (Å²) in [5, 5.41) is 10.3. The van der Waals surface area contributed by atoms with Gasteiger partial charge in [-0.3, -0.25) is 4.68 Å². The Morgan fingerprint density at radius 1 is 1.39 bits per heavy atom. The van der Waals surface area contributed by atoms with Gasteiger partial charge in [-0.1, -0.05) is 6.07 Å². The van der Waals surface area contributed by atoms with E-state index in [1.807, 2.05) is 0 Å². The van der Waals surface area contributed by atoms with E-state index in [0.29, 0.717) is 5.92 Å². The number of hydrogen-bond donors (Lipinski definition) is 1. The van der Waals surface area contributed by atoms with E-state index in [9.17, 15) is 0 Å². The largest absolute Gasteiger partial charge is 0.317 e. The van der Waals surface area contributed by atoms with Gasteiger partial charge in [0.1, 0.15) is 0 Å². The van der Waals surface area contributed by atoms with Gasteiger partial charge in [0.2, 0.25) is 0 Å². The number of nitrogens with one attached hydrogen (secondary N) is 1. The SMILES string of the molecule is Cc1c(C2CCNCC2)nn(C)c1-c1cccs1. The molecule has 3 heterocycles. The molecular weight excluding hydrogens is 242 g/mol. The molecule has 1 N–H and O–H groups in total. The molecule has 0 aliphatic carbocycles. The van der Waals surface area contributed by atoms with E-state index < -0.39 is 0 Å². The number of piperidine rings is 1. The molecule has 3 nitrogen and oxygen atoms in total. The van der Waals surface area contributed by atoms with Crippen molar-refractivity contribution in [1.82, 2.24) is 15.1 Å². The average molecular weight is 261 g/mol. The van der Waals surface area contributed by atoms with Crippen molar-refractivity contribution in [3.05, 3.63) is 28.8 Å². The second-order valence-electron chi connectivity index (χ2n) is 4.98. The maximum Gasteiger partial charge on any atom is 0.0810 e. The molecule has 1 aliphatic heterocycles. The van der Waals surface area contributed by atoms with Gasteiger partial charge in [-0.25, -0.2) is 0 Å². The van der Waals surface area contributed by atoms with E-state index in [1.54, 1.807) is 11.3 Å². The minimum atomic E-state index is 0.631. The molecule has 0 unspecified atom stereocenters. The minimum Gasteiger partial charge on any atom is -0.317 e. The van der Waals surface area contributed by atoms with Crippen molar-refractivity contribution in [2.75, 3.05) is 13.1 Å². The number of rotatable bonds is 2. The molecule has 0 radical (unpaired) electrons. The highest BCUT2D eigenvalue weighted by atomic mass is 32.1. The van der Waals surface area contributed by atoms with Crippen LogP contribution < -0.4 is 5.32 Å². The zero-order valence-corrected chi connectivity index (χ0v) is 11.8. The highest BCUT2D eigenvalue weighted by molar-refractivity contribution is 7.13. The second kappa shape index (κ2) is 4.86. The summed E-state index contributed by atoms with van der Waals surface area (Å²) in [4.78, 5) is 1.32. The third-order valence-corrected chi connectivity index (χ3v) is 4.68. The fourth-order valence-electron chi connectivity index (χ4n) is 2.89. The maximum absolute atomic E-state index is 4.79. The summed E-state index contributed by atoms with van der Waals surface area (Å²) >= 11 is 1.79. The van der Waals surface area contributed by atoms with Crippen LogP contribution in [0.3, 0.4) is 0 Å². The third-order valence-electron chi connectivity index (χ3n) is 3.80. The van der Waals surface area contributed by atoms with Crippen LogP contribution in [0.4, 0.5) is 0 Å². The molecule has 1 fully saturated rings. The Morgan fingerprint density at radius 3 is 2.83 bits per heavy atom. The first kappa shape index (κ1) is 11.9. The fraction of sp³-hybridized carbons (Fsp3) is 0.500. The Bertz CT molecular complexity index is 521. The van der Waals surface area contributed by atoms with Gasteiger partial charge in [-0.05, 0) is 49.9 Å². The molecule has 0 saturated carbocycles. The molecule has 18 heavy (non-hydrogen) atoms. The smallest absolute Gasteiger partial charge is 0.0810 e. The summed E-state index contributed by atoms with van der Waals surface area (Å²) in [6.07, 6.45) is 2.42. The van der Waals surface area contributed by atoms with Crippen molar-refractivity contribution in [2.45, 2.75) is 25.7 Å². The molecule has 1 saturated heterocycles. The van der Waals surface area contributed by atoms with Gasteiger partial charge in [0.05, 0.1) is 16.3 Å². The lowest BCUT2D eigenvalue weighted by molar-refractivity contribution is 0.449. The second-order valence-corrected chi connectivity index (χ2v) is 5.93. The number of aryl methyl sites for hydroxylation is 1. The van der Waals surface area contributed by atoms with Crippen LogP contribution in [0.25, 0.3) is 10.6 Å². The first-order valence-corrected chi connectivity index (χ1v) is 7.43. The van der Waals surface area contributed by atoms with Gasteiger partial charge in [0.25, 0.3) is 0 Å². The minimum absolute atomic E-state index is 0.631. The summed E-state index contributed by atoms with van der Waals surface area (Å²) in [6, 6.07) is 4.29. The summed E-state index contributed by atoms with van der Waals surface area (Å²) in [5.41, 5.74) is 3.97. The van der Waals surface area contributed by atoms with Crippen LogP contribution in [0.5, 0.6) is 0 Å². The van der Waals surface area contributed by atoms with Crippen LogP contribution in [0, 0.1) is 6.92 Å². The molecular formula is C14H19N3S. The first-order chi connectivity index (χ1) is 8.77. The topological polar surface area (TPSA) is 29.9 Å². The molecule has 96 valence electrons. The van der Waals surface area contributed by atoms with Crippen molar-refractivity contribution in [2.24, 2.45) is 7.05 Å². The van der Waals surface area contributed by atoms with Crippen LogP contribution in [0.2, 0.25) is 0 Å². The van der Waals surface area contributed by atoms with Gasteiger partial charge in [-0.15, -0.1) is 11.3 Å². The summed E-state index contributed by atoms with van der Waals surface area (Å²) in [7, 11) is 2.06. The van der Waals surface area contributed by atoms with E-state index in [-0.39, 0.29) is 0 Å². The molecule has 0 bridgehead atoms. The predicted octanol–water partition coefficient (Wildman–Crippen LogP) is 2.92. The molecule has 0 spiro atoms. The standard InChI is InChI=1S/C14H19N3S/c1-10-13(11-5-7-15-8-6-11)16-17(2)14(10)12-4-3-9-18-12/h3-4,9,11,15H,5-8H2,1-2H3. The predicted molar refractivity (Wildman–Crippen MR) is 76.1 cm³/mol. The third kappa shape index (κ3) is 1.99. The molecule has 2 aromatic rings. The molecule has 1 aliphatic rings. The molecule has 4 heteroatoms. The van der Waals surface area contributed by atoms with Gasteiger partial charge in [0, 0.05) is 13.0 Å². The maximum atomic E-state index is 4.79. The van der Waals surface area contributed by atoms with Crippen LogP contribution in [-0.2, 0) is 7.05 Å². The Hall–Kier alpha value is -1.13. The number of nitrogens with zero attached hydrogens (tertiary/aromatic N) is 2. The highest BCUT2D eigenvalue weighted by Crippen LogP contribution is 2.34. The quantitative estimate of drug-likeness (QED) is 0.901. The molecule has 0 amide bonds. The van der Waals surface area contributed by atoms with Gasteiger partial charge in [-0.2, -0.15) is 5.10 Å². The zero-order valence-electron chi connectivity index (χ0n) is 10.9. The highest BCUT2D eigenvalue weighted by Gasteiger charge is 2.23. The molecule has 2 aromatic heterocycles. The molecule has 3 rings (SSSR count). The number of hydrogen-bond acceptors (Lipinski definition) is 3. The monoisotopic (exact) mass is 261 g/mol. The number of thiophene rings is 1. The van der Waals surface area contributed by atoms with Crippen molar-refractivity contribution >= 4 is 11.3 Å². The lowest BCUT2D eigenvalue weighted by Crippen LogP contribution is -2.27. The van der Waals surface area contributed by atoms with E-state index >= 15 is 0 Å². The lowest BCUT2D eigenvalue weighted by atomic mass is 9.92. The lowest BCUT2D eigenvalue weighted by Gasteiger charge is -2.21. The van der Waals surface area contributed by atoms with E-state index in [0.717, 1.165) is 13.1 Å². The summed E-state index contributed by atoms with van der Waals surface area (Å²) in [6.45, 7) is 4.46. The van der Waals surface area contributed by atoms with Crippen molar-refractivity contribution in [3.8, 4) is 10.6 Å². The van der Waals surface area contributed by atoms with Gasteiger partial charge in [0.15, 0.2) is 0 Å². The van der Waals surface area contributed by atoms with Crippen LogP contribution in [0.1, 0.15) is 30.0 Å².